The van der Waals surface area contributed by atoms with Crippen molar-refractivity contribution in [3.63, 3.8) is 0 Å². The summed E-state index contributed by atoms with van der Waals surface area (Å²) >= 11 is 1.96. The number of aryl methyl sites for hydroxylation is 1. The minimum absolute atomic E-state index is 0.651. The molecule has 0 aromatic carbocycles. The van der Waals surface area contributed by atoms with E-state index in [9.17, 15) is 0 Å². The molecule has 0 amide bonds. The fraction of sp³-hybridized carbons (Fsp3) is 0.765. The number of nitrogens with zero attached hydrogens (tertiary/aromatic N) is 2. The normalized spacial score (nSPS) is 24.6. The minimum Gasteiger partial charge on any atom is -0.312 e. The monoisotopic (exact) mass is 309 g/mol. The molecule has 2 heterocycles. The number of piperazine rings is 1. The Kier molecular flexibility index (Phi) is 6.23. The van der Waals surface area contributed by atoms with E-state index in [1.54, 1.807) is 0 Å². The van der Waals surface area contributed by atoms with Gasteiger partial charge in [-0.2, -0.15) is 0 Å². The molecule has 1 N–H and O–H groups in total. The molecule has 2 unspecified atom stereocenters. The maximum absolute atomic E-state index is 3.51. The van der Waals surface area contributed by atoms with Crippen LogP contribution in [0.2, 0.25) is 0 Å². The topological polar surface area (TPSA) is 18.5 Å². The van der Waals surface area contributed by atoms with Crippen LogP contribution >= 0.6 is 11.3 Å². The molecule has 1 aromatic heterocycles. The molecule has 3 nitrogen and oxygen atoms in total. The SMILES string of the molecule is CCCNCc1cc(CN2CC(C)N(C)C(C)C2)c(C)s1. The van der Waals surface area contributed by atoms with E-state index in [2.05, 4.69) is 55.9 Å². The summed E-state index contributed by atoms with van der Waals surface area (Å²) in [5.41, 5.74) is 1.53. The Balaban J connectivity index is 1.93. The lowest BCUT2D eigenvalue weighted by atomic mass is 10.1. The second kappa shape index (κ2) is 7.73. The third-order valence-electron chi connectivity index (χ3n) is 4.63. The molecular weight excluding hydrogens is 278 g/mol. The fourth-order valence-electron chi connectivity index (χ4n) is 3.10. The highest BCUT2D eigenvalue weighted by Gasteiger charge is 2.26. The Morgan fingerprint density at radius 1 is 1.29 bits per heavy atom. The Labute approximate surface area is 134 Å². The predicted octanol–water partition coefficient (Wildman–Crippen LogP) is 3.08. The molecule has 1 saturated heterocycles. The van der Waals surface area contributed by atoms with Crippen LogP contribution in [-0.4, -0.2) is 48.6 Å². The zero-order valence-corrected chi connectivity index (χ0v) is 15.1. The summed E-state index contributed by atoms with van der Waals surface area (Å²) in [7, 11) is 2.25. The molecule has 1 aromatic rings. The van der Waals surface area contributed by atoms with Gasteiger partial charge in [0.1, 0.15) is 0 Å². The van der Waals surface area contributed by atoms with E-state index in [1.165, 1.54) is 34.8 Å². The zero-order chi connectivity index (χ0) is 15.4. The number of likely N-dealkylation sites (N-methyl/N-ethyl adjacent to an activating group) is 1. The summed E-state index contributed by atoms with van der Waals surface area (Å²) < 4.78 is 0. The van der Waals surface area contributed by atoms with Gasteiger partial charge in [-0.15, -0.1) is 11.3 Å². The van der Waals surface area contributed by atoms with Gasteiger partial charge in [-0.05, 0) is 52.4 Å². The third-order valence-corrected chi connectivity index (χ3v) is 5.72. The van der Waals surface area contributed by atoms with Crippen LogP contribution in [0.4, 0.5) is 0 Å². The van der Waals surface area contributed by atoms with Crippen molar-refractivity contribution in [3.8, 4) is 0 Å². The molecule has 2 atom stereocenters. The highest BCUT2D eigenvalue weighted by Crippen LogP contribution is 2.24. The van der Waals surface area contributed by atoms with E-state index >= 15 is 0 Å². The van der Waals surface area contributed by atoms with Gasteiger partial charge in [0.05, 0.1) is 0 Å². The highest BCUT2D eigenvalue weighted by atomic mass is 32.1. The predicted molar refractivity (Wildman–Crippen MR) is 93.0 cm³/mol. The van der Waals surface area contributed by atoms with Gasteiger partial charge >= 0.3 is 0 Å². The van der Waals surface area contributed by atoms with Gasteiger partial charge in [0.25, 0.3) is 0 Å². The second-order valence-electron chi connectivity index (χ2n) is 6.53. The van der Waals surface area contributed by atoms with Gasteiger partial charge in [-0.25, -0.2) is 0 Å². The molecule has 1 aliphatic rings. The molecule has 0 spiro atoms. The van der Waals surface area contributed by atoms with E-state index in [0.29, 0.717) is 12.1 Å². The van der Waals surface area contributed by atoms with Crippen LogP contribution < -0.4 is 5.32 Å². The molecule has 1 fully saturated rings. The lowest BCUT2D eigenvalue weighted by molar-refractivity contribution is 0.0556. The molecule has 1 aliphatic heterocycles. The van der Waals surface area contributed by atoms with Crippen molar-refractivity contribution in [2.24, 2.45) is 0 Å². The first-order chi connectivity index (χ1) is 10.0. The van der Waals surface area contributed by atoms with Crippen LogP contribution in [0.3, 0.4) is 0 Å². The molecule has 0 radical (unpaired) electrons. The quantitative estimate of drug-likeness (QED) is 0.815. The molecule has 4 heteroatoms. The van der Waals surface area contributed by atoms with Crippen LogP contribution in [0.1, 0.15) is 42.5 Å². The van der Waals surface area contributed by atoms with Gasteiger partial charge < -0.3 is 5.32 Å². The van der Waals surface area contributed by atoms with E-state index in [-0.39, 0.29) is 0 Å². The Morgan fingerprint density at radius 3 is 2.57 bits per heavy atom. The summed E-state index contributed by atoms with van der Waals surface area (Å²) in [5.74, 6) is 0. The van der Waals surface area contributed by atoms with Crippen LogP contribution in [0.5, 0.6) is 0 Å². The highest BCUT2D eigenvalue weighted by molar-refractivity contribution is 7.12. The number of hydrogen-bond donors (Lipinski definition) is 1. The van der Waals surface area contributed by atoms with Crippen molar-refractivity contribution >= 4 is 11.3 Å². The first-order valence-electron chi connectivity index (χ1n) is 8.24. The van der Waals surface area contributed by atoms with Crippen LogP contribution in [0, 0.1) is 6.92 Å². The van der Waals surface area contributed by atoms with E-state index in [0.717, 1.165) is 19.6 Å². The van der Waals surface area contributed by atoms with Crippen molar-refractivity contribution in [1.29, 1.82) is 0 Å². The van der Waals surface area contributed by atoms with Crippen molar-refractivity contribution in [1.82, 2.24) is 15.1 Å². The van der Waals surface area contributed by atoms with Gasteiger partial charge in [0.15, 0.2) is 0 Å². The largest absolute Gasteiger partial charge is 0.312 e. The summed E-state index contributed by atoms with van der Waals surface area (Å²) in [6.45, 7) is 14.8. The number of nitrogens with one attached hydrogen (secondary N) is 1. The van der Waals surface area contributed by atoms with Gasteiger partial charge in [0, 0.05) is 48.0 Å². The summed E-state index contributed by atoms with van der Waals surface area (Å²) in [6.07, 6.45) is 1.20. The molecule has 2 rings (SSSR count). The van der Waals surface area contributed by atoms with Crippen LogP contribution in [-0.2, 0) is 13.1 Å². The molecule has 0 bridgehead atoms. The standard InChI is InChI=1S/C17H31N3S/c1-6-7-18-9-17-8-16(15(4)21-17)12-20-10-13(2)19(5)14(3)11-20/h8,13-14,18H,6-7,9-12H2,1-5H3. The Bertz CT molecular complexity index is 431. The average molecular weight is 310 g/mol. The summed E-state index contributed by atoms with van der Waals surface area (Å²) in [4.78, 5) is 8.08. The number of rotatable bonds is 6. The second-order valence-corrected chi connectivity index (χ2v) is 7.87. The number of hydrogen-bond acceptors (Lipinski definition) is 4. The summed E-state index contributed by atoms with van der Waals surface area (Å²) in [5, 5.41) is 3.51. The first-order valence-corrected chi connectivity index (χ1v) is 9.06. The molecule has 0 saturated carbocycles. The van der Waals surface area contributed by atoms with E-state index in [4.69, 9.17) is 0 Å². The zero-order valence-electron chi connectivity index (χ0n) is 14.3. The van der Waals surface area contributed by atoms with Crippen LogP contribution in [0.15, 0.2) is 6.07 Å². The maximum Gasteiger partial charge on any atom is 0.0299 e. The number of thiophene rings is 1. The van der Waals surface area contributed by atoms with Crippen molar-refractivity contribution < 1.29 is 0 Å². The minimum atomic E-state index is 0.651. The Morgan fingerprint density at radius 2 is 1.95 bits per heavy atom. The summed E-state index contributed by atoms with van der Waals surface area (Å²) in [6, 6.07) is 3.72. The average Bonchev–Trinajstić information content (AvgIpc) is 2.77. The van der Waals surface area contributed by atoms with E-state index in [1.807, 2.05) is 11.3 Å². The lowest BCUT2D eigenvalue weighted by Crippen LogP contribution is -2.54. The van der Waals surface area contributed by atoms with Crippen LogP contribution in [0.25, 0.3) is 0 Å². The first kappa shape index (κ1) is 16.9. The van der Waals surface area contributed by atoms with Crippen molar-refractivity contribution in [2.45, 2.75) is 59.3 Å². The van der Waals surface area contributed by atoms with Gasteiger partial charge in [-0.1, -0.05) is 6.92 Å². The van der Waals surface area contributed by atoms with Gasteiger partial charge in [0.2, 0.25) is 0 Å². The lowest BCUT2D eigenvalue weighted by Gasteiger charge is -2.42. The van der Waals surface area contributed by atoms with Crippen molar-refractivity contribution in [3.05, 3.63) is 21.4 Å². The molecular formula is C17H31N3S. The van der Waals surface area contributed by atoms with Gasteiger partial charge in [-0.3, -0.25) is 9.80 Å². The molecule has 0 aliphatic carbocycles. The smallest absolute Gasteiger partial charge is 0.0299 e. The maximum atomic E-state index is 3.51. The van der Waals surface area contributed by atoms with Crippen molar-refractivity contribution in [2.75, 3.05) is 26.7 Å². The fourth-order valence-corrected chi connectivity index (χ4v) is 4.13. The molecule has 21 heavy (non-hydrogen) atoms. The Hall–Kier alpha value is -0.420. The third kappa shape index (κ3) is 4.52. The molecule has 120 valence electrons. The van der Waals surface area contributed by atoms with E-state index < -0.39 is 0 Å².